The maximum atomic E-state index is 10.6. The van der Waals surface area contributed by atoms with Gasteiger partial charge < -0.3 is 10.4 Å². The van der Waals surface area contributed by atoms with E-state index >= 15 is 0 Å². The molecule has 0 heterocycles. The Bertz CT molecular complexity index is 183. The van der Waals surface area contributed by atoms with E-state index in [1.54, 1.807) is 14.0 Å². The average molecular weight is 127 g/mol. The van der Waals surface area contributed by atoms with E-state index in [1.165, 1.54) is 0 Å². The van der Waals surface area contributed by atoms with Crippen LogP contribution in [-0.4, -0.2) is 24.0 Å². The summed E-state index contributed by atoms with van der Waals surface area (Å²) in [6.45, 7) is 1.73. The van der Waals surface area contributed by atoms with E-state index in [1.807, 2.05) is 0 Å². The summed E-state index contributed by atoms with van der Waals surface area (Å²) in [5.41, 5.74) is 1.30. The fourth-order valence-electron chi connectivity index (χ4n) is 0.907. The fourth-order valence-corrected chi connectivity index (χ4v) is 0.907. The third-order valence-corrected chi connectivity index (χ3v) is 1.55. The molecule has 0 saturated heterocycles. The van der Waals surface area contributed by atoms with E-state index in [4.69, 9.17) is 5.11 Å². The summed E-state index contributed by atoms with van der Waals surface area (Å²) in [5.74, 6) is -0.199. The number of aliphatic hydroxyl groups excluding tert-OH is 1. The Morgan fingerprint density at radius 3 is 2.44 bits per heavy atom. The smallest absolute Gasteiger partial charge is 0.211 e. The molecule has 9 heavy (non-hydrogen) atoms. The number of likely N-dealkylation sites (N-methyl/N-ethyl adjacent to an activating group) is 1. The third kappa shape index (κ3) is 0.650. The molecule has 0 spiro atoms. The van der Waals surface area contributed by atoms with E-state index in [9.17, 15) is 4.79 Å². The Morgan fingerprint density at radius 2 is 2.22 bits per heavy atom. The van der Waals surface area contributed by atoms with Crippen molar-refractivity contribution in [3.63, 3.8) is 0 Å². The van der Waals surface area contributed by atoms with E-state index in [-0.39, 0.29) is 5.78 Å². The average Bonchev–Trinajstić information content (AvgIpc) is 1.89. The molecule has 0 aromatic heterocycles. The maximum Gasteiger partial charge on any atom is 0.211 e. The molecule has 0 aromatic rings. The van der Waals surface area contributed by atoms with Gasteiger partial charge in [-0.3, -0.25) is 4.79 Å². The van der Waals surface area contributed by atoms with Crippen molar-refractivity contribution in [3.05, 3.63) is 11.3 Å². The Morgan fingerprint density at radius 1 is 1.67 bits per heavy atom. The minimum absolute atomic E-state index is 0.199. The standard InChI is InChI=1S/C6H9NO2/c1-3-4(7-2)6(9)5(3)8/h5,7-8H,1-2H3. The molecule has 1 aliphatic carbocycles. The molecule has 3 nitrogen and oxygen atoms in total. The molecular formula is C6H9NO2. The predicted molar refractivity (Wildman–Crippen MR) is 32.8 cm³/mol. The molecule has 0 fully saturated rings. The normalized spacial score (nSPS) is 26.1. The Balaban J connectivity index is 2.83. The first-order valence-electron chi connectivity index (χ1n) is 2.79. The summed E-state index contributed by atoms with van der Waals surface area (Å²) in [6.07, 6.45) is -0.840. The van der Waals surface area contributed by atoms with Crippen molar-refractivity contribution in [2.75, 3.05) is 7.05 Å². The number of carbonyl (C=O) groups excluding carboxylic acids is 1. The summed E-state index contributed by atoms with van der Waals surface area (Å²) < 4.78 is 0. The van der Waals surface area contributed by atoms with Gasteiger partial charge in [-0.2, -0.15) is 0 Å². The first-order chi connectivity index (χ1) is 4.18. The topological polar surface area (TPSA) is 49.3 Å². The number of Topliss-reactive ketones (excluding diaryl/α,β-unsaturated/α-hetero) is 1. The van der Waals surface area contributed by atoms with Crippen molar-refractivity contribution >= 4 is 5.78 Å². The van der Waals surface area contributed by atoms with Crippen LogP contribution in [0.2, 0.25) is 0 Å². The Labute approximate surface area is 53.4 Å². The second-order valence-corrected chi connectivity index (χ2v) is 2.07. The highest BCUT2D eigenvalue weighted by atomic mass is 16.3. The van der Waals surface area contributed by atoms with Crippen LogP contribution in [0.15, 0.2) is 11.3 Å². The zero-order chi connectivity index (χ0) is 7.02. The number of hydrogen-bond donors (Lipinski definition) is 2. The number of hydrogen-bond acceptors (Lipinski definition) is 3. The molecule has 3 heteroatoms. The van der Waals surface area contributed by atoms with Gasteiger partial charge >= 0.3 is 0 Å². The number of ketones is 1. The van der Waals surface area contributed by atoms with Crippen LogP contribution in [0.5, 0.6) is 0 Å². The van der Waals surface area contributed by atoms with Gasteiger partial charge in [0.2, 0.25) is 5.78 Å². The van der Waals surface area contributed by atoms with Crippen LogP contribution in [0.1, 0.15) is 6.92 Å². The first kappa shape index (κ1) is 6.29. The largest absolute Gasteiger partial charge is 0.385 e. The van der Waals surface area contributed by atoms with Gasteiger partial charge in [-0.1, -0.05) is 0 Å². The number of aliphatic hydroxyl groups is 1. The van der Waals surface area contributed by atoms with Gasteiger partial charge in [-0.25, -0.2) is 0 Å². The summed E-state index contributed by atoms with van der Waals surface area (Å²) in [6, 6.07) is 0. The summed E-state index contributed by atoms with van der Waals surface area (Å²) in [5, 5.41) is 11.5. The lowest BCUT2D eigenvalue weighted by Gasteiger charge is -2.24. The van der Waals surface area contributed by atoms with Crippen LogP contribution in [-0.2, 0) is 4.79 Å². The van der Waals surface area contributed by atoms with Crippen molar-refractivity contribution in [3.8, 4) is 0 Å². The highest BCUT2D eigenvalue weighted by Crippen LogP contribution is 2.20. The van der Waals surface area contributed by atoms with Crippen molar-refractivity contribution in [2.24, 2.45) is 0 Å². The van der Waals surface area contributed by atoms with Gasteiger partial charge in [0.25, 0.3) is 0 Å². The summed E-state index contributed by atoms with van der Waals surface area (Å²) >= 11 is 0. The van der Waals surface area contributed by atoms with Crippen LogP contribution in [0.4, 0.5) is 0 Å². The van der Waals surface area contributed by atoms with Gasteiger partial charge in [0.1, 0.15) is 6.10 Å². The van der Waals surface area contributed by atoms with Gasteiger partial charge in [-0.15, -0.1) is 0 Å². The molecular weight excluding hydrogens is 118 g/mol. The number of rotatable bonds is 1. The first-order valence-corrected chi connectivity index (χ1v) is 2.79. The minimum Gasteiger partial charge on any atom is -0.385 e. The van der Waals surface area contributed by atoms with Crippen LogP contribution in [0, 0.1) is 0 Å². The molecule has 0 bridgehead atoms. The molecule has 0 aromatic carbocycles. The quantitative estimate of drug-likeness (QED) is 0.495. The Hall–Kier alpha value is -0.830. The minimum atomic E-state index is -0.840. The van der Waals surface area contributed by atoms with Crippen LogP contribution in [0.25, 0.3) is 0 Å². The fraction of sp³-hybridized carbons (Fsp3) is 0.500. The molecule has 1 atom stereocenters. The lowest BCUT2D eigenvalue weighted by Crippen LogP contribution is -2.40. The zero-order valence-corrected chi connectivity index (χ0v) is 5.43. The molecule has 0 amide bonds. The van der Waals surface area contributed by atoms with Crippen LogP contribution >= 0.6 is 0 Å². The highest BCUT2D eigenvalue weighted by Gasteiger charge is 2.33. The highest BCUT2D eigenvalue weighted by molar-refractivity contribution is 6.07. The number of nitrogens with one attached hydrogen (secondary N) is 1. The summed E-state index contributed by atoms with van der Waals surface area (Å²) in [4.78, 5) is 10.6. The maximum absolute atomic E-state index is 10.6. The summed E-state index contributed by atoms with van der Waals surface area (Å²) in [7, 11) is 1.67. The molecule has 50 valence electrons. The lowest BCUT2D eigenvalue weighted by atomic mass is 9.91. The van der Waals surface area contributed by atoms with E-state index in [2.05, 4.69) is 5.32 Å². The molecule has 1 unspecified atom stereocenters. The van der Waals surface area contributed by atoms with E-state index in [0.29, 0.717) is 5.70 Å². The van der Waals surface area contributed by atoms with E-state index in [0.717, 1.165) is 5.57 Å². The van der Waals surface area contributed by atoms with E-state index < -0.39 is 6.10 Å². The monoisotopic (exact) mass is 127 g/mol. The molecule has 2 N–H and O–H groups in total. The molecule has 0 radical (unpaired) electrons. The molecule has 1 rings (SSSR count). The Kier molecular flexibility index (Phi) is 1.29. The third-order valence-electron chi connectivity index (χ3n) is 1.55. The molecule has 0 aliphatic heterocycles. The van der Waals surface area contributed by atoms with Gasteiger partial charge in [0, 0.05) is 7.05 Å². The van der Waals surface area contributed by atoms with Crippen molar-refractivity contribution in [1.29, 1.82) is 0 Å². The van der Waals surface area contributed by atoms with Gasteiger partial charge in [0.05, 0.1) is 5.70 Å². The number of carbonyl (C=O) groups is 1. The van der Waals surface area contributed by atoms with Crippen LogP contribution < -0.4 is 5.32 Å². The predicted octanol–water partition coefficient (Wildman–Crippen LogP) is -0.577. The second kappa shape index (κ2) is 1.84. The zero-order valence-electron chi connectivity index (χ0n) is 5.43. The van der Waals surface area contributed by atoms with Crippen molar-refractivity contribution in [2.45, 2.75) is 13.0 Å². The molecule has 1 aliphatic rings. The van der Waals surface area contributed by atoms with Crippen LogP contribution in [0.3, 0.4) is 0 Å². The lowest BCUT2D eigenvalue weighted by molar-refractivity contribution is -0.124. The second-order valence-electron chi connectivity index (χ2n) is 2.07. The SMILES string of the molecule is CNC1=C(C)C(O)C1=O. The van der Waals surface area contributed by atoms with Gasteiger partial charge in [0.15, 0.2) is 0 Å². The van der Waals surface area contributed by atoms with Crippen molar-refractivity contribution in [1.82, 2.24) is 5.32 Å². The van der Waals surface area contributed by atoms with Gasteiger partial charge in [-0.05, 0) is 12.5 Å². The van der Waals surface area contributed by atoms with Crippen molar-refractivity contribution < 1.29 is 9.90 Å². The molecule has 0 saturated carbocycles.